The van der Waals surface area contributed by atoms with Crippen LogP contribution < -0.4 is 10.6 Å². The summed E-state index contributed by atoms with van der Waals surface area (Å²) in [6, 6.07) is 7.82. The highest BCUT2D eigenvalue weighted by Gasteiger charge is 2.27. The van der Waals surface area contributed by atoms with Crippen LogP contribution in [0.1, 0.15) is 50.5 Å². The Bertz CT molecular complexity index is 836. The lowest BCUT2D eigenvalue weighted by Crippen LogP contribution is -2.46. The number of ether oxygens (including phenoxy) is 1. The Morgan fingerprint density at radius 1 is 1.10 bits per heavy atom. The first kappa shape index (κ1) is 22.1. The molecular formula is C21H27N3O5. The van der Waals surface area contributed by atoms with Crippen molar-refractivity contribution in [3.8, 4) is 0 Å². The van der Waals surface area contributed by atoms with Crippen LogP contribution in [-0.2, 0) is 19.7 Å². The molecule has 0 saturated heterocycles. The molecule has 0 radical (unpaired) electrons. The smallest absolute Gasteiger partial charge is 0.329 e. The van der Waals surface area contributed by atoms with Gasteiger partial charge in [-0.2, -0.15) is 0 Å². The maximum Gasteiger partial charge on any atom is 0.329 e. The molecule has 0 aliphatic carbocycles. The van der Waals surface area contributed by atoms with Gasteiger partial charge in [0.1, 0.15) is 12.3 Å². The summed E-state index contributed by atoms with van der Waals surface area (Å²) in [7, 11) is 0. The molecule has 29 heavy (non-hydrogen) atoms. The molecule has 2 amide bonds. The number of esters is 1. The molecule has 8 nitrogen and oxygen atoms in total. The molecule has 2 rings (SSSR count). The lowest BCUT2D eigenvalue weighted by Gasteiger charge is -2.21. The van der Waals surface area contributed by atoms with E-state index < -0.39 is 24.5 Å². The average molecular weight is 401 g/mol. The quantitative estimate of drug-likeness (QED) is 0.690. The number of anilines is 1. The van der Waals surface area contributed by atoms with Crippen LogP contribution in [0.4, 0.5) is 5.82 Å². The first-order valence-corrected chi connectivity index (χ1v) is 9.36. The van der Waals surface area contributed by atoms with E-state index in [-0.39, 0.29) is 23.1 Å². The molecule has 0 aliphatic rings. The molecule has 1 heterocycles. The van der Waals surface area contributed by atoms with Gasteiger partial charge in [0.15, 0.2) is 12.4 Å². The molecule has 0 unspecified atom stereocenters. The Morgan fingerprint density at radius 2 is 1.76 bits per heavy atom. The lowest BCUT2D eigenvalue weighted by atomic mass is 9.86. The number of aromatic nitrogens is 1. The molecule has 156 valence electrons. The third-order valence-corrected chi connectivity index (χ3v) is 4.27. The summed E-state index contributed by atoms with van der Waals surface area (Å²) in [5, 5.41) is 8.64. The SMILES string of the molecule is CC(C)[C@H](NC(=O)c1ccc(C(C)(C)C)cc1)C(=O)OCC(=O)Nc1ccon1. The van der Waals surface area contributed by atoms with E-state index in [9.17, 15) is 14.4 Å². The van der Waals surface area contributed by atoms with E-state index in [1.54, 1.807) is 26.0 Å². The number of carbonyl (C=O) groups is 3. The number of benzene rings is 1. The van der Waals surface area contributed by atoms with Crippen LogP contribution in [0.25, 0.3) is 0 Å². The van der Waals surface area contributed by atoms with E-state index in [1.807, 2.05) is 12.1 Å². The molecule has 0 bridgehead atoms. The molecule has 0 fully saturated rings. The molecule has 2 N–H and O–H groups in total. The predicted octanol–water partition coefficient (Wildman–Crippen LogP) is 2.91. The maximum atomic E-state index is 12.6. The summed E-state index contributed by atoms with van der Waals surface area (Å²) >= 11 is 0. The second-order valence-electron chi connectivity index (χ2n) is 8.06. The Balaban J connectivity index is 1.95. The van der Waals surface area contributed by atoms with E-state index >= 15 is 0 Å². The summed E-state index contributed by atoms with van der Waals surface area (Å²) in [6.45, 7) is 9.34. The van der Waals surface area contributed by atoms with Crippen LogP contribution in [0.15, 0.2) is 41.1 Å². The lowest BCUT2D eigenvalue weighted by molar-refractivity contribution is -0.150. The van der Waals surface area contributed by atoms with Gasteiger partial charge in [-0.3, -0.25) is 9.59 Å². The normalized spacial score (nSPS) is 12.3. The number of rotatable bonds is 7. The molecular weight excluding hydrogens is 374 g/mol. The van der Waals surface area contributed by atoms with Gasteiger partial charge >= 0.3 is 5.97 Å². The van der Waals surface area contributed by atoms with Crippen molar-refractivity contribution < 1.29 is 23.6 Å². The fourth-order valence-electron chi connectivity index (χ4n) is 2.53. The molecule has 1 atom stereocenters. The van der Waals surface area contributed by atoms with Crippen LogP contribution in [0.5, 0.6) is 0 Å². The highest BCUT2D eigenvalue weighted by molar-refractivity contribution is 5.97. The van der Waals surface area contributed by atoms with Crippen molar-refractivity contribution in [2.45, 2.75) is 46.1 Å². The second kappa shape index (κ2) is 9.36. The monoisotopic (exact) mass is 401 g/mol. The van der Waals surface area contributed by atoms with Crippen molar-refractivity contribution in [2.24, 2.45) is 5.92 Å². The number of nitrogens with zero attached hydrogens (tertiary/aromatic N) is 1. The van der Waals surface area contributed by atoms with Crippen molar-refractivity contribution in [2.75, 3.05) is 11.9 Å². The minimum Gasteiger partial charge on any atom is -0.454 e. The highest BCUT2D eigenvalue weighted by Crippen LogP contribution is 2.22. The first-order chi connectivity index (χ1) is 13.6. The van der Waals surface area contributed by atoms with Gasteiger partial charge < -0.3 is 19.9 Å². The number of nitrogens with one attached hydrogen (secondary N) is 2. The van der Waals surface area contributed by atoms with Gasteiger partial charge in [0, 0.05) is 11.6 Å². The minimum atomic E-state index is -0.885. The largest absolute Gasteiger partial charge is 0.454 e. The second-order valence-corrected chi connectivity index (χ2v) is 8.06. The van der Waals surface area contributed by atoms with Crippen LogP contribution in [0.3, 0.4) is 0 Å². The van der Waals surface area contributed by atoms with Gasteiger partial charge in [-0.15, -0.1) is 0 Å². The fraction of sp³-hybridized carbons (Fsp3) is 0.429. The zero-order valence-electron chi connectivity index (χ0n) is 17.3. The molecule has 8 heteroatoms. The topological polar surface area (TPSA) is 111 Å². The third kappa shape index (κ3) is 6.44. The van der Waals surface area contributed by atoms with E-state index in [0.29, 0.717) is 5.56 Å². The Morgan fingerprint density at radius 3 is 2.28 bits per heavy atom. The van der Waals surface area contributed by atoms with Gasteiger partial charge in [0.25, 0.3) is 11.8 Å². The Labute approximate surface area is 170 Å². The van der Waals surface area contributed by atoms with Crippen LogP contribution in [-0.4, -0.2) is 35.6 Å². The van der Waals surface area contributed by atoms with Gasteiger partial charge in [-0.25, -0.2) is 4.79 Å². The van der Waals surface area contributed by atoms with E-state index in [4.69, 9.17) is 4.74 Å². The number of hydrogen-bond donors (Lipinski definition) is 2. The summed E-state index contributed by atoms with van der Waals surface area (Å²) in [5.41, 5.74) is 1.53. The van der Waals surface area contributed by atoms with E-state index in [0.717, 1.165) is 5.56 Å². The molecule has 0 saturated carbocycles. The van der Waals surface area contributed by atoms with Crippen LogP contribution >= 0.6 is 0 Å². The Kier molecular flexibility index (Phi) is 7.14. The van der Waals surface area contributed by atoms with Crippen molar-refractivity contribution in [3.63, 3.8) is 0 Å². The van der Waals surface area contributed by atoms with Gasteiger partial charge in [0.2, 0.25) is 0 Å². The van der Waals surface area contributed by atoms with Gasteiger partial charge in [-0.05, 0) is 29.0 Å². The summed E-state index contributed by atoms with van der Waals surface area (Å²) in [5.74, 6) is -1.63. The number of carbonyl (C=O) groups excluding carboxylic acids is 3. The van der Waals surface area contributed by atoms with Crippen molar-refractivity contribution in [1.29, 1.82) is 0 Å². The highest BCUT2D eigenvalue weighted by atomic mass is 16.5. The zero-order chi connectivity index (χ0) is 21.6. The zero-order valence-corrected chi connectivity index (χ0v) is 17.3. The Hall–Kier alpha value is -3.16. The van der Waals surface area contributed by atoms with Crippen molar-refractivity contribution in [1.82, 2.24) is 10.5 Å². The molecule has 1 aromatic heterocycles. The first-order valence-electron chi connectivity index (χ1n) is 9.36. The summed E-state index contributed by atoms with van der Waals surface area (Å²) in [4.78, 5) is 36.8. The molecule has 0 spiro atoms. The van der Waals surface area contributed by atoms with Crippen LogP contribution in [0, 0.1) is 5.92 Å². The van der Waals surface area contributed by atoms with E-state index in [2.05, 4.69) is 41.1 Å². The standard InChI is InChI=1S/C21H27N3O5/c1-13(2)18(20(27)28-12-17(25)22-16-10-11-29-24-16)23-19(26)14-6-8-15(9-7-14)21(3,4)5/h6-11,13,18H,12H2,1-5H3,(H,23,26)(H,22,24,25)/t18-/m0/s1. The number of hydrogen-bond acceptors (Lipinski definition) is 6. The van der Waals surface area contributed by atoms with Crippen LogP contribution in [0.2, 0.25) is 0 Å². The van der Waals surface area contributed by atoms with Crippen molar-refractivity contribution in [3.05, 3.63) is 47.7 Å². The third-order valence-electron chi connectivity index (χ3n) is 4.27. The van der Waals surface area contributed by atoms with Crippen molar-refractivity contribution >= 4 is 23.6 Å². The van der Waals surface area contributed by atoms with Gasteiger partial charge in [-0.1, -0.05) is 51.9 Å². The number of amides is 2. The molecule has 2 aromatic rings. The fourth-order valence-corrected chi connectivity index (χ4v) is 2.53. The summed E-state index contributed by atoms with van der Waals surface area (Å²) < 4.78 is 9.65. The minimum absolute atomic E-state index is 0.0220. The van der Waals surface area contributed by atoms with Gasteiger partial charge in [0.05, 0.1) is 0 Å². The molecule has 0 aliphatic heterocycles. The average Bonchev–Trinajstić information content (AvgIpc) is 3.16. The van der Waals surface area contributed by atoms with E-state index in [1.165, 1.54) is 12.3 Å². The molecule has 1 aromatic carbocycles. The maximum absolute atomic E-state index is 12.6. The predicted molar refractivity (Wildman–Crippen MR) is 107 cm³/mol. The summed E-state index contributed by atoms with van der Waals surface area (Å²) in [6.07, 6.45) is 1.31.